The minimum atomic E-state index is -4.41. The van der Waals surface area contributed by atoms with Crippen molar-refractivity contribution in [2.45, 2.75) is 180 Å². The largest absolute Gasteiger partial charge is 0.726 e. The van der Waals surface area contributed by atoms with Crippen molar-refractivity contribution in [2.24, 2.45) is 0 Å². The fourth-order valence-electron chi connectivity index (χ4n) is 6.69. The summed E-state index contributed by atoms with van der Waals surface area (Å²) in [4.78, 5) is 0. The normalized spacial score (nSPS) is 16.6. The first kappa shape index (κ1) is 54.7. The van der Waals surface area contributed by atoms with E-state index < -0.39 is 20.8 Å². The fraction of sp³-hybridized carbons (Fsp3) is 1.00. The van der Waals surface area contributed by atoms with Crippen LogP contribution in [0.2, 0.25) is 0 Å². The van der Waals surface area contributed by atoms with Crippen LogP contribution in [0.5, 0.6) is 0 Å². The average Bonchev–Trinajstić information content (AvgIpc) is 3.50. The van der Waals surface area contributed by atoms with Crippen molar-refractivity contribution in [1.29, 1.82) is 0 Å². The molecule has 0 aromatic heterocycles. The van der Waals surface area contributed by atoms with E-state index in [0.717, 1.165) is 36.3 Å². The molecule has 1 heterocycles. The highest BCUT2D eigenvalue weighted by atomic mass is 32.3. The molecule has 1 aliphatic rings. The molecular formula is C39H84N2O10S2. The van der Waals surface area contributed by atoms with Crippen LogP contribution >= 0.6 is 0 Å². The second kappa shape index (κ2) is 33.7. The van der Waals surface area contributed by atoms with E-state index in [1.165, 1.54) is 167 Å². The minimum Gasteiger partial charge on any atom is -0.726 e. The Bertz CT molecular complexity index is 947. The maximum Gasteiger partial charge on any atom is 0.217 e. The predicted octanol–water partition coefficient (Wildman–Crippen LogP) is 8.47. The van der Waals surface area contributed by atoms with Crippen molar-refractivity contribution in [3.05, 3.63) is 0 Å². The van der Waals surface area contributed by atoms with Crippen molar-refractivity contribution < 1.29 is 52.7 Å². The highest BCUT2D eigenvalue weighted by Gasteiger charge is 2.38. The predicted molar refractivity (Wildman–Crippen MR) is 214 cm³/mol. The van der Waals surface area contributed by atoms with E-state index in [-0.39, 0.29) is 12.2 Å². The summed E-state index contributed by atoms with van der Waals surface area (Å²) in [7, 11) is 2.36. The molecular weight excluding hydrogens is 721 g/mol. The molecule has 0 unspecified atom stereocenters. The Kier molecular flexibility index (Phi) is 34.8. The molecule has 0 aliphatic carbocycles. The van der Waals surface area contributed by atoms with Crippen LogP contribution in [0.4, 0.5) is 0 Å². The molecule has 0 amide bonds. The molecule has 1 saturated heterocycles. The van der Waals surface area contributed by atoms with Crippen LogP contribution in [0.1, 0.15) is 168 Å². The first-order chi connectivity index (χ1) is 24.9. The van der Waals surface area contributed by atoms with Crippen molar-refractivity contribution in [2.75, 3.05) is 75.4 Å². The Labute approximate surface area is 328 Å². The summed E-state index contributed by atoms with van der Waals surface area (Å²) in [6.07, 6.45) is 34.5. The molecule has 12 nitrogen and oxygen atoms in total. The lowest BCUT2D eigenvalue weighted by Gasteiger charge is -2.36. The third-order valence-electron chi connectivity index (χ3n) is 9.97. The van der Waals surface area contributed by atoms with E-state index in [1.54, 1.807) is 0 Å². The average molecular weight is 805 g/mol. The quantitative estimate of drug-likeness (QED) is 0.0280. The van der Waals surface area contributed by atoms with Gasteiger partial charge in [0.25, 0.3) is 0 Å². The second-order valence-electron chi connectivity index (χ2n) is 16.1. The van der Waals surface area contributed by atoms with Gasteiger partial charge in [0, 0.05) is 0 Å². The van der Waals surface area contributed by atoms with Crippen molar-refractivity contribution >= 4 is 20.8 Å². The van der Waals surface area contributed by atoms with E-state index in [4.69, 9.17) is 9.47 Å². The van der Waals surface area contributed by atoms with Gasteiger partial charge in [-0.25, -0.2) is 16.8 Å². The summed E-state index contributed by atoms with van der Waals surface area (Å²) >= 11 is 0. The Balaban J connectivity index is 0. The summed E-state index contributed by atoms with van der Waals surface area (Å²) < 4.78 is 76.4. The zero-order chi connectivity index (χ0) is 40.5. The van der Waals surface area contributed by atoms with Crippen molar-refractivity contribution in [1.82, 2.24) is 0 Å². The fourth-order valence-corrected chi connectivity index (χ4v) is 6.69. The standard InChI is InChI=1S/C37H78N2O2.2CH4O4S/c1-7-9-11-13-15-17-19-21-23-25-27-29-31-38(3,4)33-36-37(41-35-40-36)34-39(5,6)32-30-28-26-24-22-20-18-16-14-12-10-8-2;2*1-5-6(2,3)4/h36-37H,7-35H2,1-6H3;2*1H3,(H,2,3,4)/q+2;;/p-2/t36-,37-;;/m0../s1. The summed E-state index contributed by atoms with van der Waals surface area (Å²) in [5.41, 5.74) is 0. The zero-order valence-corrected chi connectivity index (χ0v) is 37.1. The molecule has 0 bridgehead atoms. The van der Waals surface area contributed by atoms with Crippen LogP contribution in [0.25, 0.3) is 0 Å². The van der Waals surface area contributed by atoms with E-state index in [9.17, 15) is 25.9 Å². The molecule has 0 aromatic carbocycles. The molecule has 0 radical (unpaired) electrons. The van der Waals surface area contributed by atoms with Crippen LogP contribution in [0.15, 0.2) is 0 Å². The smallest absolute Gasteiger partial charge is 0.217 e. The molecule has 1 aliphatic heterocycles. The lowest BCUT2D eigenvalue weighted by atomic mass is 10.0. The third-order valence-corrected chi connectivity index (χ3v) is 10.8. The Morgan fingerprint density at radius 2 is 0.679 bits per heavy atom. The number of hydrogen-bond donors (Lipinski definition) is 0. The Hall–Kier alpha value is -0.420. The summed E-state index contributed by atoms with van der Waals surface area (Å²) in [6, 6.07) is 0. The van der Waals surface area contributed by atoms with E-state index in [1.807, 2.05) is 0 Å². The van der Waals surface area contributed by atoms with Gasteiger partial charge in [-0.1, -0.05) is 142 Å². The zero-order valence-electron chi connectivity index (χ0n) is 35.5. The molecule has 0 saturated carbocycles. The molecule has 0 aromatic rings. The minimum absolute atomic E-state index is 0.238. The van der Waals surface area contributed by atoms with Crippen LogP contribution in [-0.4, -0.2) is 122 Å². The number of hydrogen-bond acceptors (Lipinski definition) is 10. The molecule has 53 heavy (non-hydrogen) atoms. The first-order valence-corrected chi connectivity index (χ1v) is 23.5. The molecule has 0 N–H and O–H groups in total. The SMILES string of the molecule is CCCCCCCCCCCCCC[N+](C)(C)C[C@@H]1OCO[C@H]1C[N+](C)(C)CCCCCCCCCCCCCC.COS(=O)(=O)[O-].COS(=O)(=O)[O-]. The van der Waals surface area contributed by atoms with E-state index in [0.29, 0.717) is 6.79 Å². The summed E-state index contributed by atoms with van der Waals surface area (Å²) in [6.45, 7) is 9.72. The Morgan fingerprint density at radius 1 is 0.472 bits per heavy atom. The van der Waals surface area contributed by atoms with Gasteiger partial charge < -0.3 is 27.5 Å². The van der Waals surface area contributed by atoms with Gasteiger partial charge in [-0.2, -0.15) is 0 Å². The topological polar surface area (TPSA) is 151 Å². The first-order valence-electron chi connectivity index (χ1n) is 20.8. The van der Waals surface area contributed by atoms with Gasteiger partial charge in [-0.05, 0) is 25.7 Å². The number of nitrogens with zero attached hydrogens (tertiary/aromatic N) is 2. The maximum atomic E-state index is 9.22. The molecule has 322 valence electrons. The van der Waals surface area contributed by atoms with Crippen LogP contribution < -0.4 is 0 Å². The lowest BCUT2D eigenvalue weighted by Crippen LogP contribution is -2.53. The molecule has 2 atom stereocenters. The second-order valence-corrected chi connectivity index (χ2v) is 18.4. The van der Waals surface area contributed by atoms with Crippen LogP contribution in [0, 0.1) is 0 Å². The highest BCUT2D eigenvalue weighted by Crippen LogP contribution is 2.21. The molecule has 1 fully saturated rings. The monoisotopic (exact) mass is 805 g/mol. The molecule has 14 heteroatoms. The van der Waals surface area contributed by atoms with Crippen LogP contribution in [0.3, 0.4) is 0 Å². The molecule has 0 spiro atoms. The van der Waals surface area contributed by atoms with Crippen molar-refractivity contribution in [3.8, 4) is 0 Å². The summed E-state index contributed by atoms with van der Waals surface area (Å²) in [5.74, 6) is 0. The van der Waals surface area contributed by atoms with Crippen LogP contribution in [-0.2, 0) is 38.6 Å². The van der Waals surface area contributed by atoms with Gasteiger partial charge in [-0.3, -0.25) is 8.37 Å². The van der Waals surface area contributed by atoms with Gasteiger partial charge in [0.1, 0.15) is 32.1 Å². The maximum absolute atomic E-state index is 9.22. The van der Waals surface area contributed by atoms with Gasteiger partial charge >= 0.3 is 0 Å². The Morgan fingerprint density at radius 3 is 0.887 bits per heavy atom. The number of unbranched alkanes of at least 4 members (excludes halogenated alkanes) is 22. The lowest BCUT2D eigenvalue weighted by molar-refractivity contribution is -0.900. The van der Waals surface area contributed by atoms with Gasteiger partial charge in [0.2, 0.25) is 20.8 Å². The third kappa shape index (κ3) is 41.0. The van der Waals surface area contributed by atoms with Crippen molar-refractivity contribution in [3.63, 3.8) is 0 Å². The van der Waals surface area contributed by atoms with Gasteiger partial charge in [0.15, 0.2) is 0 Å². The number of ether oxygens (including phenoxy) is 2. The number of rotatable bonds is 32. The molecule has 1 rings (SSSR count). The van der Waals surface area contributed by atoms with E-state index in [2.05, 4.69) is 50.4 Å². The van der Waals surface area contributed by atoms with Gasteiger partial charge in [0.05, 0.1) is 55.5 Å². The summed E-state index contributed by atoms with van der Waals surface area (Å²) in [5, 5.41) is 0. The number of quaternary nitrogens is 2. The van der Waals surface area contributed by atoms with Gasteiger partial charge in [-0.15, -0.1) is 0 Å². The highest BCUT2D eigenvalue weighted by molar-refractivity contribution is 7.81. The number of likely N-dealkylation sites (N-methyl/N-ethyl adjacent to an activating group) is 2. The van der Waals surface area contributed by atoms with E-state index >= 15 is 0 Å².